The number of hydrogen-bond donors (Lipinski definition) is 10. The number of amides is 1. The fourth-order valence-corrected chi connectivity index (χ4v) is 3.21. The predicted molar refractivity (Wildman–Crippen MR) is 104 cm³/mol. The number of aldehydes is 1. The summed E-state index contributed by atoms with van der Waals surface area (Å²) in [6.45, 7) is -1.04. The molecular formula is C17H29NNaO14. The Morgan fingerprint density at radius 1 is 1.15 bits per heavy atom. The first kappa shape index (κ1) is 32.2. The van der Waals surface area contributed by atoms with E-state index in [2.05, 4.69) is 5.32 Å². The van der Waals surface area contributed by atoms with Crippen molar-refractivity contribution in [1.82, 2.24) is 5.32 Å². The number of nitrogens with one attached hydrogen (secondary N) is 1. The van der Waals surface area contributed by atoms with Gasteiger partial charge in [-0.15, -0.1) is 0 Å². The molecule has 0 aromatic heterocycles. The van der Waals surface area contributed by atoms with Crippen LogP contribution in [0.4, 0.5) is 0 Å². The van der Waals surface area contributed by atoms with E-state index in [1.54, 1.807) is 0 Å². The summed E-state index contributed by atoms with van der Waals surface area (Å²) in [5.74, 6) is -5.69. The second-order valence-electron chi connectivity index (χ2n) is 7.33. The van der Waals surface area contributed by atoms with Crippen molar-refractivity contribution in [1.29, 1.82) is 0 Å². The molecule has 1 aliphatic heterocycles. The Hall–Kier alpha value is -0.790. The molecule has 1 amide bonds. The molecule has 0 spiro atoms. The third-order valence-electron chi connectivity index (χ3n) is 4.91. The van der Waals surface area contributed by atoms with E-state index >= 15 is 0 Å². The quantitative estimate of drug-likeness (QED) is 0.0893. The van der Waals surface area contributed by atoms with Crippen molar-refractivity contribution < 1.29 is 69.8 Å². The molecule has 33 heavy (non-hydrogen) atoms. The average Bonchev–Trinajstić information content (AvgIpc) is 2.75. The number of rotatable bonds is 12. The summed E-state index contributed by atoms with van der Waals surface area (Å²) >= 11 is 0. The number of ether oxygens (including phenoxy) is 2. The van der Waals surface area contributed by atoms with Gasteiger partial charge in [0.15, 0.2) is 6.29 Å². The molecular weight excluding hydrogens is 465 g/mol. The van der Waals surface area contributed by atoms with Crippen LogP contribution in [0.1, 0.15) is 13.3 Å². The Labute approximate surface area is 209 Å². The van der Waals surface area contributed by atoms with E-state index in [9.17, 15) is 50.1 Å². The minimum Gasteiger partial charge on any atom is -0.477 e. The van der Waals surface area contributed by atoms with Crippen LogP contribution in [0.3, 0.4) is 0 Å². The summed E-state index contributed by atoms with van der Waals surface area (Å²) in [4.78, 5) is 34.6. The maximum atomic E-state index is 12.1. The number of carboxylic acid groups (broad SMARTS) is 1. The van der Waals surface area contributed by atoms with E-state index in [0.29, 0.717) is 0 Å². The minimum absolute atomic E-state index is 0. The molecule has 1 heterocycles. The Morgan fingerprint density at radius 2 is 1.70 bits per heavy atom. The van der Waals surface area contributed by atoms with Crippen molar-refractivity contribution in [2.24, 2.45) is 0 Å². The molecule has 0 saturated carbocycles. The molecule has 1 radical (unpaired) electrons. The van der Waals surface area contributed by atoms with Crippen LogP contribution in [-0.4, -0.2) is 168 Å². The van der Waals surface area contributed by atoms with Gasteiger partial charge in [-0.25, -0.2) is 4.79 Å². The van der Waals surface area contributed by atoms with E-state index in [0.717, 1.165) is 6.92 Å². The number of carbonyl (C=O) groups excluding carboxylic acids is 2. The molecule has 1 fully saturated rings. The first-order chi connectivity index (χ1) is 14.8. The molecule has 0 aromatic carbocycles. The maximum Gasteiger partial charge on any atom is 0.364 e. The molecule has 10 atom stereocenters. The van der Waals surface area contributed by atoms with Gasteiger partial charge in [-0.1, -0.05) is 0 Å². The summed E-state index contributed by atoms with van der Waals surface area (Å²) in [5.41, 5.74) is 0. The van der Waals surface area contributed by atoms with Gasteiger partial charge in [0.2, 0.25) is 5.91 Å². The molecule has 1 rings (SSSR count). The van der Waals surface area contributed by atoms with Gasteiger partial charge in [-0.2, -0.15) is 0 Å². The molecule has 187 valence electrons. The van der Waals surface area contributed by atoms with Crippen LogP contribution in [0.5, 0.6) is 0 Å². The molecule has 16 heteroatoms. The molecule has 0 aliphatic carbocycles. The van der Waals surface area contributed by atoms with E-state index in [1.807, 2.05) is 0 Å². The number of carbonyl (C=O) groups is 3. The summed E-state index contributed by atoms with van der Waals surface area (Å²) in [6.07, 6.45) is -17.5. The van der Waals surface area contributed by atoms with Gasteiger partial charge in [0, 0.05) is 42.9 Å². The van der Waals surface area contributed by atoms with Crippen molar-refractivity contribution in [3.05, 3.63) is 0 Å². The fraction of sp³-hybridized carbons (Fsp3) is 0.824. The summed E-state index contributed by atoms with van der Waals surface area (Å²) in [6, 6.07) is -1.50. The molecule has 1 saturated heterocycles. The van der Waals surface area contributed by atoms with Crippen molar-refractivity contribution in [3.63, 3.8) is 0 Å². The largest absolute Gasteiger partial charge is 0.477 e. The van der Waals surface area contributed by atoms with Gasteiger partial charge in [-0.3, -0.25) is 4.79 Å². The van der Waals surface area contributed by atoms with E-state index < -0.39 is 92.2 Å². The normalized spacial score (nSPS) is 30.6. The number of carboxylic acids is 1. The van der Waals surface area contributed by atoms with Gasteiger partial charge in [0.25, 0.3) is 5.79 Å². The molecule has 0 unspecified atom stereocenters. The zero-order valence-corrected chi connectivity index (χ0v) is 20.0. The minimum atomic E-state index is -2.99. The number of hydrogen-bond acceptors (Lipinski definition) is 13. The Kier molecular flexibility index (Phi) is 13.6. The van der Waals surface area contributed by atoms with E-state index in [1.165, 1.54) is 0 Å². The van der Waals surface area contributed by atoms with Crippen LogP contribution in [0.25, 0.3) is 0 Å². The Morgan fingerprint density at radius 3 is 2.12 bits per heavy atom. The van der Waals surface area contributed by atoms with Crippen LogP contribution < -0.4 is 5.32 Å². The van der Waals surface area contributed by atoms with Gasteiger partial charge in [0.05, 0.1) is 25.4 Å². The SMILES string of the molecule is CC(=O)N[C@H]1[C@H]([C@H](O)[C@H](O)CO)O[C@@](O[C@@H]([C@@H](O)[C@H](O)CO)[C@@H](O)C=O)(C(=O)O)C[C@@H]1O.[Na]. The standard InChI is InChI=1S/C17H29NO14.Na/c1-6(22)18-11-7(23)2-17(16(29)30,32-15(11)13(28)9(25)4-20)31-14(10(26)5-21)12(27)8(24)3-19;/h5,7-15,19-20,23-28H,2-4H2,1H3,(H,18,22)(H,29,30);/t7-,8+,9+,10-,11+,12-,13+,14+,15+,17+;/m0./s1. The van der Waals surface area contributed by atoms with Gasteiger partial charge < -0.3 is 65.5 Å². The van der Waals surface area contributed by atoms with Crippen molar-refractivity contribution in [2.45, 2.75) is 74.0 Å². The molecule has 15 nitrogen and oxygen atoms in total. The Bertz CT molecular complexity index is 655. The van der Waals surface area contributed by atoms with Crippen LogP contribution in [0, 0.1) is 0 Å². The summed E-state index contributed by atoms with van der Waals surface area (Å²) in [5, 5.41) is 90.2. The maximum absolute atomic E-state index is 12.1. The van der Waals surface area contributed by atoms with Crippen LogP contribution in [0.15, 0.2) is 0 Å². The average molecular weight is 494 g/mol. The molecule has 0 bridgehead atoms. The van der Waals surface area contributed by atoms with Gasteiger partial charge in [-0.05, 0) is 0 Å². The van der Waals surface area contributed by atoms with E-state index in [4.69, 9.17) is 19.7 Å². The molecule has 10 N–H and O–H groups in total. The zero-order chi connectivity index (χ0) is 24.8. The van der Waals surface area contributed by atoms with E-state index in [-0.39, 0.29) is 35.8 Å². The first-order valence-electron chi connectivity index (χ1n) is 9.46. The van der Waals surface area contributed by atoms with Crippen molar-refractivity contribution in [2.75, 3.05) is 13.2 Å². The summed E-state index contributed by atoms with van der Waals surface area (Å²) in [7, 11) is 0. The number of aliphatic hydroxyl groups is 8. The number of aliphatic carboxylic acids is 1. The third kappa shape index (κ3) is 7.86. The van der Waals surface area contributed by atoms with Crippen LogP contribution >= 0.6 is 0 Å². The second-order valence-corrected chi connectivity index (χ2v) is 7.33. The second kappa shape index (κ2) is 13.9. The smallest absolute Gasteiger partial charge is 0.364 e. The molecule has 1 aliphatic rings. The van der Waals surface area contributed by atoms with Crippen molar-refractivity contribution >= 4 is 47.7 Å². The fourth-order valence-electron chi connectivity index (χ4n) is 3.21. The summed E-state index contributed by atoms with van der Waals surface area (Å²) < 4.78 is 10.4. The predicted octanol–water partition coefficient (Wildman–Crippen LogP) is -6.59. The van der Waals surface area contributed by atoms with Gasteiger partial charge >= 0.3 is 5.97 Å². The Balaban J connectivity index is 0.0000102. The first-order valence-corrected chi connectivity index (χ1v) is 9.46. The van der Waals surface area contributed by atoms with Gasteiger partial charge in [0.1, 0.15) is 42.7 Å². The monoisotopic (exact) mass is 494 g/mol. The third-order valence-corrected chi connectivity index (χ3v) is 4.91. The zero-order valence-electron chi connectivity index (χ0n) is 18.0. The van der Waals surface area contributed by atoms with Crippen LogP contribution in [0.2, 0.25) is 0 Å². The number of aliphatic hydroxyl groups excluding tert-OH is 8. The van der Waals surface area contributed by atoms with Crippen molar-refractivity contribution in [3.8, 4) is 0 Å². The van der Waals surface area contributed by atoms with Crippen LogP contribution in [-0.2, 0) is 23.9 Å². The topological polar surface area (TPSA) is 264 Å². The molecule has 0 aromatic rings.